The Hall–Kier alpha value is -2.42. The van der Waals surface area contributed by atoms with Crippen molar-refractivity contribution >= 4 is 0 Å². The van der Waals surface area contributed by atoms with E-state index in [9.17, 15) is 0 Å². The standard InChI is InChI=1S/C16H13O3/c1-3-7-13(8-4-1)11-15-17-12-16(19-15)18-14-9-5-2-6-10-14/h1-5,7-10,12,15H,11H2. The average molecular weight is 253 g/mol. The molecule has 3 nitrogen and oxygen atoms in total. The van der Waals surface area contributed by atoms with E-state index in [4.69, 9.17) is 14.2 Å². The highest BCUT2D eigenvalue weighted by molar-refractivity contribution is 5.22. The molecule has 0 saturated heterocycles. The largest absolute Gasteiger partial charge is 0.455 e. The number of hydrogen-bond acceptors (Lipinski definition) is 3. The Labute approximate surface area is 112 Å². The van der Waals surface area contributed by atoms with E-state index in [0.717, 1.165) is 5.56 Å². The van der Waals surface area contributed by atoms with E-state index in [1.54, 1.807) is 6.07 Å². The van der Waals surface area contributed by atoms with Crippen LogP contribution in [0, 0.1) is 6.07 Å². The van der Waals surface area contributed by atoms with Crippen molar-refractivity contribution in [3.05, 3.63) is 78.4 Å². The highest BCUT2D eigenvalue weighted by Crippen LogP contribution is 2.21. The second kappa shape index (κ2) is 5.48. The first-order chi connectivity index (χ1) is 9.40. The molecule has 2 aromatic carbocycles. The zero-order chi connectivity index (χ0) is 12.9. The Kier molecular flexibility index (Phi) is 3.36. The van der Waals surface area contributed by atoms with Gasteiger partial charge in [-0.05, 0) is 23.8 Å². The van der Waals surface area contributed by atoms with E-state index in [0.29, 0.717) is 18.1 Å². The molecule has 0 bridgehead atoms. The molecule has 1 radical (unpaired) electrons. The first kappa shape index (κ1) is 11.7. The van der Waals surface area contributed by atoms with Crippen molar-refractivity contribution in [3.63, 3.8) is 0 Å². The fourth-order valence-corrected chi connectivity index (χ4v) is 1.82. The highest BCUT2D eigenvalue weighted by Gasteiger charge is 2.21. The second-order valence-electron chi connectivity index (χ2n) is 4.15. The molecule has 95 valence electrons. The topological polar surface area (TPSA) is 27.7 Å². The highest BCUT2D eigenvalue weighted by atomic mass is 16.8. The van der Waals surface area contributed by atoms with Gasteiger partial charge in [0.25, 0.3) is 0 Å². The van der Waals surface area contributed by atoms with E-state index in [1.807, 2.05) is 48.5 Å². The zero-order valence-corrected chi connectivity index (χ0v) is 10.3. The maximum atomic E-state index is 5.57. The minimum atomic E-state index is -0.329. The van der Waals surface area contributed by atoms with Crippen molar-refractivity contribution in [1.82, 2.24) is 0 Å². The Morgan fingerprint density at radius 1 is 1.11 bits per heavy atom. The summed E-state index contributed by atoms with van der Waals surface area (Å²) in [5.41, 5.74) is 1.16. The number of rotatable bonds is 4. The molecule has 0 amide bonds. The monoisotopic (exact) mass is 253 g/mol. The van der Waals surface area contributed by atoms with Crippen LogP contribution in [0.1, 0.15) is 5.56 Å². The Morgan fingerprint density at radius 2 is 2.00 bits per heavy atom. The molecule has 1 atom stereocenters. The first-order valence-electron chi connectivity index (χ1n) is 6.10. The van der Waals surface area contributed by atoms with Crippen molar-refractivity contribution in [2.75, 3.05) is 0 Å². The average Bonchev–Trinajstić information content (AvgIpc) is 2.88. The summed E-state index contributed by atoms with van der Waals surface area (Å²) in [6, 6.07) is 20.2. The molecule has 1 aliphatic heterocycles. The minimum Gasteiger partial charge on any atom is -0.455 e. The predicted molar refractivity (Wildman–Crippen MR) is 70.1 cm³/mol. The van der Waals surface area contributed by atoms with Crippen LogP contribution >= 0.6 is 0 Å². The lowest BCUT2D eigenvalue weighted by molar-refractivity contribution is -0.0519. The lowest BCUT2D eigenvalue weighted by atomic mass is 10.1. The van der Waals surface area contributed by atoms with Crippen molar-refractivity contribution in [1.29, 1.82) is 0 Å². The summed E-state index contributed by atoms with van der Waals surface area (Å²) < 4.78 is 16.5. The molecule has 3 rings (SSSR count). The predicted octanol–water partition coefficient (Wildman–Crippen LogP) is 3.28. The van der Waals surface area contributed by atoms with Gasteiger partial charge in [-0.25, -0.2) is 0 Å². The van der Waals surface area contributed by atoms with Gasteiger partial charge in [0.15, 0.2) is 6.26 Å². The van der Waals surface area contributed by atoms with Gasteiger partial charge < -0.3 is 14.2 Å². The van der Waals surface area contributed by atoms with Crippen LogP contribution in [0.4, 0.5) is 0 Å². The van der Waals surface area contributed by atoms with Crippen LogP contribution in [0.15, 0.2) is 66.8 Å². The van der Waals surface area contributed by atoms with E-state index in [1.165, 1.54) is 6.26 Å². The third-order valence-corrected chi connectivity index (χ3v) is 2.71. The molecule has 0 fully saturated rings. The molecule has 1 unspecified atom stereocenters. The zero-order valence-electron chi connectivity index (χ0n) is 10.3. The van der Waals surface area contributed by atoms with Gasteiger partial charge in [-0.1, -0.05) is 42.5 Å². The minimum absolute atomic E-state index is 0.329. The van der Waals surface area contributed by atoms with E-state index in [-0.39, 0.29) is 6.29 Å². The van der Waals surface area contributed by atoms with Gasteiger partial charge in [-0.15, -0.1) is 0 Å². The van der Waals surface area contributed by atoms with Crippen molar-refractivity contribution in [2.45, 2.75) is 12.7 Å². The van der Waals surface area contributed by atoms with Crippen LogP contribution in [0.25, 0.3) is 0 Å². The number of ether oxygens (including phenoxy) is 3. The second-order valence-corrected chi connectivity index (χ2v) is 4.15. The summed E-state index contributed by atoms with van der Waals surface area (Å²) in [6.45, 7) is 0. The molecular formula is C16H13O3. The van der Waals surface area contributed by atoms with E-state index < -0.39 is 0 Å². The fraction of sp³-hybridized carbons (Fsp3) is 0.125. The van der Waals surface area contributed by atoms with Gasteiger partial charge >= 0.3 is 5.95 Å². The summed E-state index contributed by atoms with van der Waals surface area (Å²) in [5.74, 6) is 1.05. The van der Waals surface area contributed by atoms with Gasteiger partial charge in [-0.2, -0.15) is 0 Å². The summed E-state index contributed by atoms with van der Waals surface area (Å²) in [4.78, 5) is 0. The maximum Gasteiger partial charge on any atom is 0.324 e. The summed E-state index contributed by atoms with van der Waals surface area (Å²) in [7, 11) is 0. The van der Waals surface area contributed by atoms with Gasteiger partial charge in [0.05, 0.1) is 0 Å². The third-order valence-electron chi connectivity index (χ3n) is 2.71. The fourth-order valence-electron chi connectivity index (χ4n) is 1.82. The Morgan fingerprint density at radius 3 is 2.79 bits per heavy atom. The van der Waals surface area contributed by atoms with Crippen LogP contribution < -0.4 is 4.74 Å². The molecule has 0 N–H and O–H groups in total. The SMILES string of the molecule is [c]1cccc(OC2=COC(Cc3ccccc3)O2)c1. The van der Waals surface area contributed by atoms with Crippen LogP contribution in [-0.4, -0.2) is 6.29 Å². The molecule has 0 spiro atoms. The number of benzene rings is 2. The normalized spacial score (nSPS) is 17.3. The Balaban J connectivity index is 1.55. The van der Waals surface area contributed by atoms with E-state index >= 15 is 0 Å². The van der Waals surface area contributed by atoms with E-state index in [2.05, 4.69) is 6.07 Å². The van der Waals surface area contributed by atoms with Crippen LogP contribution in [0.5, 0.6) is 5.75 Å². The molecule has 0 aromatic heterocycles. The summed E-state index contributed by atoms with van der Waals surface area (Å²) >= 11 is 0. The lowest BCUT2D eigenvalue weighted by Gasteiger charge is -2.11. The third kappa shape index (κ3) is 3.07. The molecule has 0 aliphatic carbocycles. The molecule has 3 heteroatoms. The summed E-state index contributed by atoms with van der Waals surface area (Å²) in [5, 5.41) is 0. The molecule has 0 saturated carbocycles. The van der Waals surface area contributed by atoms with Gasteiger partial charge in [0, 0.05) is 6.42 Å². The van der Waals surface area contributed by atoms with Crippen LogP contribution in [-0.2, 0) is 15.9 Å². The molecule has 1 heterocycles. The molecule has 2 aromatic rings. The van der Waals surface area contributed by atoms with Gasteiger partial charge in [0.2, 0.25) is 6.29 Å². The first-order valence-corrected chi connectivity index (χ1v) is 6.10. The van der Waals surface area contributed by atoms with Gasteiger partial charge in [0.1, 0.15) is 5.75 Å². The smallest absolute Gasteiger partial charge is 0.324 e. The van der Waals surface area contributed by atoms with Crippen molar-refractivity contribution in [3.8, 4) is 5.75 Å². The lowest BCUT2D eigenvalue weighted by Crippen LogP contribution is -2.13. The molecular weight excluding hydrogens is 240 g/mol. The number of hydrogen-bond donors (Lipinski definition) is 0. The van der Waals surface area contributed by atoms with Crippen LogP contribution in [0.2, 0.25) is 0 Å². The maximum absolute atomic E-state index is 5.57. The van der Waals surface area contributed by atoms with Crippen molar-refractivity contribution in [2.24, 2.45) is 0 Å². The van der Waals surface area contributed by atoms with Crippen molar-refractivity contribution < 1.29 is 14.2 Å². The van der Waals surface area contributed by atoms with Crippen LogP contribution in [0.3, 0.4) is 0 Å². The Bertz CT molecular complexity index is 549. The quantitative estimate of drug-likeness (QED) is 0.837. The summed E-state index contributed by atoms with van der Waals surface area (Å²) in [6.07, 6.45) is 1.86. The molecule has 19 heavy (non-hydrogen) atoms. The van der Waals surface area contributed by atoms with Gasteiger partial charge in [-0.3, -0.25) is 0 Å². The molecule has 1 aliphatic rings.